The fourth-order valence-electron chi connectivity index (χ4n) is 1.62. The van der Waals surface area contributed by atoms with E-state index in [-0.39, 0.29) is 11.1 Å². The van der Waals surface area contributed by atoms with E-state index >= 15 is 0 Å². The van der Waals surface area contributed by atoms with Gasteiger partial charge in [-0.3, -0.25) is 0 Å². The molecule has 1 heterocycles. The molecular formula is C14H13BrFNO2S. The van der Waals surface area contributed by atoms with Gasteiger partial charge in [-0.15, -0.1) is 11.3 Å². The summed E-state index contributed by atoms with van der Waals surface area (Å²) in [5.41, 5.74) is 0.249. The highest BCUT2D eigenvalue weighted by Crippen LogP contribution is 2.36. The maximum absolute atomic E-state index is 13.6. The number of halogens is 2. The molecule has 0 aliphatic rings. The van der Waals surface area contributed by atoms with E-state index in [0.717, 1.165) is 0 Å². The van der Waals surface area contributed by atoms with Crippen LogP contribution < -0.4 is 0 Å². The first-order valence-corrected chi connectivity index (χ1v) is 7.51. The van der Waals surface area contributed by atoms with Crippen LogP contribution >= 0.6 is 27.3 Å². The summed E-state index contributed by atoms with van der Waals surface area (Å²) in [6, 6.07) is 4.56. The highest BCUT2D eigenvalue weighted by atomic mass is 79.9. The number of aromatic nitrogens is 1. The summed E-state index contributed by atoms with van der Waals surface area (Å²) in [5, 5.41) is 9.99. The maximum Gasteiger partial charge on any atom is 0.356 e. The van der Waals surface area contributed by atoms with Gasteiger partial charge in [-0.2, -0.15) is 0 Å². The Morgan fingerprint density at radius 3 is 2.55 bits per heavy atom. The zero-order chi connectivity index (χ0) is 15.1. The Morgan fingerprint density at radius 2 is 2.05 bits per heavy atom. The number of carbonyl (C=O) groups is 1. The summed E-state index contributed by atoms with van der Waals surface area (Å²) in [6.07, 6.45) is 0. The van der Waals surface area contributed by atoms with Crippen LogP contribution in [0.1, 0.15) is 36.3 Å². The number of carboxylic acids is 1. The van der Waals surface area contributed by atoms with E-state index in [2.05, 4.69) is 20.9 Å². The maximum atomic E-state index is 13.6. The number of benzene rings is 1. The molecule has 1 aromatic carbocycles. The van der Waals surface area contributed by atoms with Crippen molar-refractivity contribution in [3.8, 4) is 10.4 Å². The molecule has 6 heteroatoms. The fourth-order valence-corrected chi connectivity index (χ4v) is 2.98. The molecule has 0 fully saturated rings. The summed E-state index contributed by atoms with van der Waals surface area (Å²) in [7, 11) is 0. The Kier molecular flexibility index (Phi) is 3.97. The van der Waals surface area contributed by atoms with Crippen LogP contribution in [0.15, 0.2) is 22.7 Å². The largest absolute Gasteiger partial charge is 0.476 e. The van der Waals surface area contributed by atoms with Crippen LogP contribution in [0.2, 0.25) is 0 Å². The Bertz CT molecular complexity index is 676. The molecule has 0 atom stereocenters. The molecule has 0 saturated heterocycles. The first-order chi connectivity index (χ1) is 9.20. The highest BCUT2D eigenvalue weighted by Gasteiger charge is 2.25. The first-order valence-electron chi connectivity index (χ1n) is 5.90. The van der Waals surface area contributed by atoms with Crippen LogP contribution in [0, 0.1) is 5.82 Å². The standard InChI is InChI=1S/C14H13BrFNO2S/c1-14(2,3)13-17-10(12(18)19)11(20-13)7-4-5-8(15)9(16)6-7/h4-6H,1-3H3,(H,18,19). The van der Waals surface area contributed by atoms with Crippen molar-refractivity contribution in [1.29, 1.82) is 0 Å². The lowest BCUT2D eigenvalue weighted by atomic mass is 9.98. The van der Waals surface area contributed by atoms with E-state index in [1.807, 2.05) is 20.8 Å². The van der Waals surface area contributed by atoms with Crippen LogP contribution in [0.3, 0.4) is 0 Å². The van der Waals surface area contributed by atoms with Crippen LogP contribution in [0.25, 0.3) is 10.4 Å². The smallest absolute Gasteiger partial charge is 0.356 e. The molecule has 3 nitrogen and oxygen atoms in total. The Labute approximate surface area is 128 Å². The molecule has 0 saturated carbocycles. The minimum absolute atomic E-state index is 0.0263. The van der Waals surface area contributed by atoms with E-state index in [1.54, 1.807) is 12.1 Å². The molecule has 0 aliphatic carbocycles. The lowest BCUT2D eigenvalue weighted by Crippen LogP contribution is -2.11. The van der Waals surface area contributed by atoms with E-state index in [0.29, 0.717) is 19.9 Å². The summed E-state index contributed by atoms with van der Waals surface area (Å²) in [6.45, 7) is 5.89. The van der Waals surface area contributed by atoms with Gasteiger partial charge >= 0.3 is 5.97 Å². The molecule has 0 aliphatic heterocycles. The van der Waals surface area contributed by atoms with Gasteiger partial charge in [0.15, 0.2) is 5.69 Å². The van der Waals surface area contributed by atoms with Crippen molar-refractivity contribution >= 4 is 33.2 Å². The van der Waals surface area contributed by atoms with Gasteiger partial charge in [-0.1, -0.05) is 26.8 Å². The molecule has 0 bridgehead atoms. The quantitative estimate of drug-likeness (QED) is 0.846. The molecular weight excluding hydrogens is 345 g/mol. The fraction of sp³-hybridized carbons (Fsp3) is 0.286. The number of rotatable bonds is 2. The highest BCUT2D eigenvalue weighted by molar-refractivity contribution is 9.10. The Morgan fingerprint density at radius 1 is 1.40 bits per heavy atom. The minimum Gasteiger partial charge on any atom is -0.476 e. The van der Waals surface area contributed by atoms with Crippen LogP contribution in [0.4, 0.5) is 4.39 Å². The number of thiazole rings is 1. The number of hydrogen-bond acceptors (Lipinski definition) is 3. The van der Waals surface area contributed by atoms with E-state index in [9.17, 15) is 14.3 Å². The zero-order valence-corrected chi connectivity index (χ0v) is 13.6. The monoisotopic (exact) mass is 357 g/mol. The molecule has 1 aromatic heterocycles. The Hall–Kier alpha value is -1.27. The second-order valence-electron chi connectivity index (χ2n) is 5.38. The molecule has 0 amide bonds. The van der Waals surface area contributed by atoms with Gasteiger partial charge in [-0.05, 0) is 33.6 Å². The predicted octanol–water partition coefficient (Wildman–Crippen LogP) is 4.71. The number of aromatic carboxylic acids is 1. The third kappa shape index (κ3) is 2.91. The molecule has 2 aromatic rings. The SMILES string of the molecule is CC(C)(C)c1nc(C(=O)O)c(-c2ccc(Br)c(F)c2)s1. The summed E-state index contributed by atoms with van der Waals surface area (Å²) in [4.78, 5) is 16.0. The van der Waals surface area contributed by atoms with E-state index in [1.165, 1.54) is 17.4 Å². The number of hydrogen-bond donors (Lipinski definition) is 1. The molecule has 0 unspecified atom stereocenters. The predicted molar refractivity (Wildman–Crippen MR) is 80.9 cm³/mol. The summed E-state index contributed by atoms with van der Waals surface area (Å²) in [5.74, 6) is -1.53. The van der Waals surface area contributed by atoms with Crippen LogP contribution in [0.5, 0.6) is 0 Å². The van der Waals surface area contributed by atoms with Gasteiger partial charge in [0.2, 0.25) is 0 Å². The number of nitrogens with zero attached hydrogens (tertiary/aromatic N) is 1. The summed E-state index contributed by atoms with van der Waals surface area (Å²) >= 11 is 4.37. The molecule has 0 radical (unpaired) electrons. The van der Waals surface area contributed by atoms with Crippen molar-refractivity contribution in [2.75, 3.05) is 0 Å². The van der Waals surface area contributed by atoms with Crippen molar-refractivity contribution < 1.29 is 14.3 Å². The molecule has 20 heavy (non-hydrogen) atoms. The van der Waals surface area contributed by atoms with Crippen molar-refractivity contribution in [2.24, 2.45) is 0 Å². The average molecular weight is 358 g/mol. The third-order valence-electron chi connectivity index (χ3n) is 2.65. The van der Waals surface area contributed by atoms with Crippen LogP contribution in [-0.4, -0.2) is 16.1 Å². The van der Waals surface area contributed by atoms with Crippen molar-refractivity contribution in [1.82, 2.24) is 4.98 Å². The van der Waals surface area contributed by atoms with Gasteiger partial charge in [0.1, 0.15) is 5.82 Å². The lowest BCUT2D eigenvalue weighted by Gasteiger charge is -2.13. The lowest BCUT2D eigenvalue weighted by molar-refractivity contribution is 0.0692. The van der Waals surface area contributed by atoms with Gasteiger partial charge < -0.3 is 5.11 Å². The van der Waals surface area contributed by atoms with Gasteiger partial charge in [-0.25, -0.2) is 14.2 Å². The second kappa shape index (κ2) is 5.26. The Balaban J connectivity index is 2.63. The minimum atomic E-state index is -1.10. The zero-order valence-electron chi connectivity index (χ0n) is 11.2. The van der Waals surface area contributed by atoms with Crippen molar-refractivity contribution in [2.45, 2.75) is 26.2 Å². The second-order valence-corrected chi connectivity index (χ2v) is 7.23. The first kappa shape index (κ1) is 15.1. The van der Waals surface area contributed by atoms with Crippen LogP contribution in [-0.2, 0) is 5.41 Å². The van der Waals surface area contributed by atoms with Gasteiger partial charge in [0.25, 0.3) is 0 Å². The van der Waals surface area contributed by atoms with Crippen molar-refractivity contribution in [3.05, 3.63) is 39.2 Å². The number of carboxylic acid groups (broad SMARTS) is 1. The normalized spacial score (nSPS) is 11.7. The molecule has 0 spiro atoms. The van der Waals surface area contributed by atoms with E-state index in [4.69, 9.17) is 0 Å². The average Bonchev–Trinajstić information content (AvgIpc) is 2.77. The summed E-state index contributed by atoms with van der Waals surface area (Å²) < 4.78 is 14.0. The van der Waals surface area contributed by atoms with Gasteiger partial charge in [0.05, 0.1) is 14.4 Å². The molecule has 2 rings (SSSR count). The molecule has 1 N–H and O–H groups in total. The van der Waals surface area contributed by atoms with Gasteiger partial charge in [0, 0.05) is 5.41 Å². The molecule has 106 valence electrons. The third-order valence-corrected chi connectivity index (χ3v) is 4.83. The topological polar surface area (TPSA) is 50.2 Å². The van der Waals surface area contributed by atoms with E-state index < -0.39 is 11.8 Å². The van der Waals surface area contributed by atoms with Crippen molar-refractivity contribution in [3.63, 3.8) is 0 Å².